The summed E-state index contributed by atoms with van der Waals surface area (Å²) in [5, 5.41) is 3.65. The van der Waals surface area contributed by atoms with Crippen LogP contribution in [0.4, 0.5) is 0 Å². The van der Waals surface area contributed by atoms with E-state index in [1.165, 1.54) is 25.7 Å². The van der Waals surface area contributed by atoms with Crippen molar-refractivity contribution in [2.24, 2.45) is 0 Å². The van der Waals surface area contributed by atoms with E-state index in [-0.39, 0.29) is 11.1 Å². The fourth-order valence-electron chi connectivity index (χ4n) is 1.89. The van der Waals surface area contributed by atoms with E-state index in [1.54, 1.807) is 0 Å². The highest BCUT2D eigenvalue weighted by molar-refractivity contribution is 4.85. The summed E-state index contributed by atoms with van der Waals surface area (Å²) in [6.45, 7) is 13.5. The summed E-state index contributed by atoms with van der Waals surface area (Å²) in [5.41, 5.74) is 0.517. The maximum Gasteiger partial charge on any atom is 0.0130 e. The second kappa shape index (κ2) is 4.99. The molecule has 1 heteroatoms. The van der Waals surface area contributed by atoms with Gasteiger partial charge >= 0.3 is 0 Å². The van der Waals surface area contributed by atoms with Crippen LogP contribution in [0.15, 0.2) is 0 Å². The molecule has 1 N–H and O–H groups in total. The van der Waals surface area contributed by atoms with E-state index in [9.17, 15) is 0 Å². The molecule has 0 aliphatic heterocycles. The summed E-state index contributed by atoms with van der Waals surface area (Å²) in [6.07, 6.45) is 5.28. The highest BCUT2D eigenvalue weighted by atomic mass is 15.0. The number of hydrogen-bond donors (Lipinski definition) is 1. The van der Waals surface area contributed by atoms with Gasteiger partial charge in [-0.15, -0.1) is 0 Å². The molecule has 0 amide bonds. The van der Waals surface area contributed by atoms with Crippen LogP contribution < -0.4 is 5.32 Å². The minimum Gasteiger partial charge on any atom is -0.307 e. The van der Waals surface area contributed by atoms with Crippen molar-refractivity contribution < 1.29 is 0 Å². The first-order chi connectivity index (χ1) is 5.77. The predicted octanol–water partition coefficient (Wildman–Crippen LogP) is 3.73. The van der Waals surface area contributed by atoms with Crippen molar-refractivity contribution >= 4 is 0 Å². The van der Waals surface area contributed by atoms with Crippen molar-refractivity contribution in [3.63, 3.8) is 0 Å². The van der Waals surface area contributed by atoms with Crippen LogP contribution in [0.5, 0.6) is 0 Å². The van der Waals surface area contributed by atoms with Gasteiger partial charge in [0.05, 0.1) is 0 Å². The van der Waals surface area contributed by atoms with Gasteiger partial charge in [-0.1, -0.05) is 26.2 Å². The molecule has 0 saturated heterocycles. The van der Waals surface area contributed by atoms with Crippen LogP contribution in [0.1, 0.15) is 67.2 Å². The fourth-order valence-corrected chi connectivity index (χ4v) is 1.89. The smallest absolute Gasteiger partial charge is 0.0130 e. The molecule has 0 aliphatic carbocycles. The Morgan fingerprint density at radius 1 is 0.923 bits per heavy atom. The van der Waals surface area contributed by atoms with E-state index < -0.39 is 0 Å². The van der Waals surface area contributed by atoms with Crippen LogP contribution in [-0.4, -0.2) is 11.1 Å². The van der Waals surface area contributed by atoms with E-state index in [0.717, 1.165) is 0 Å². The average Bonchev–Trinajstić information content (AvgIpc) is 1.81. The van der Waals surface area contributed by atoms with Crippen LogP contribution in [-0.2, 0) is 0 Å². The van der Waals surface area contributed by atoms with E-state index in [2.05, 4.69) is 46.9 Å². The molecule has 0 aromatic heterocycles. The second-order valence-corrected chi connectivity index (χ2v) is 5.72. The van der Waals surface area contributed by atoms with Crippen LogP contribution in [0, 0.1) is 0 Å². The van der Waals surface area contributed by atoms with Gasteiger partial charge in [0.25, 0.3) is 0 Å². The van der Waals surface area contributed by atoms with Gasteiger partial charge in [-0.3, -0.25) is 0 Å². The lowest BCUT2D eigenvalue weighted by Gasteiger charge is -2.35. The highest BCUT2D eigenvalue weighted by Gasteiger charge is 2.22. The number of unbranched alkanes of at least 4 members (excludes halogenated alkanes) is 2. The van der Waals surface area contributed by atoms with E-state index in [4.69, 9.17) is 0 Å². The summed E-state index contributed by atoms with van der Waals surface area (Å²) < 4.78 is 0. The first-order valence-corrected chi connectivity index (χ1v) is 5.56. The summed E-state index contributed by atoms with van der Waals surface area (Å²) in [5.74, 6) is 0. The molecule has 0 unspecified atom stereocenters. The summed E-state index contributed by atoms with van der Waals surface area (Å²) in [4.78, 5) is 0. The van der Waals surface area contributed by atoms with Gasteiger partial charge in [-0.25, -0.2) is 0 Å². The first-order valence-electron chi connectivity index (χ1n) is 5.56. The van der Waals surface area contributed by atoms with E-state index >= 15 is 0 Å². The Hall–Kier alpha value is -0.0400. The van der Waals surface area contributed by atoms with Crippen molar-refractivity contribution in [1.82, 2.24) is 5.32 Å². The van der Waals surface area contributed by atoms with Crippen molar-refractivity contribution in [3.8, 4) is 0 Å². The number of hydrogen-bond acceptors (Lipinski definition) is 1. The Morgan fingerprint density at radius 2 is 1.46 bits per heavy atom. The molecule has 0 aliphatic rings. The molecule has 80 valence electrons. The highest BCUT2D eigenvalue weighted by Crippen LogP contribution is 2.17. The molecule has 0 saturated carbocycles. The third-order valence-corrected chi connectivity index (χ3v) is 2.12. The third-order valence-electron chi connectivity index (χ3n) is 2.12. The molecule has 0 radical (unpaired) electrons. The SMILES string of the molecule is CCCCCC(C)(C)NC(C)(C)C. The van der Waals surface area contributed by atoms with E-state index in [1.807, 2.05) is 0 Å². The molecule has 0 heterocycles. The van der Waals surface area contributed by atoms with Crippen molar-refractivity contribution in [3.05, 3.63) is 0 Å². The molecular formula is C12H27N. The lowest BCUT2D eigenvalue weighted by atomic mass is 9.93. The molecular weight excluding hydrogens is 158 g/mol. The minimum absolute atomic E-state index is 0.232. The van der Waals surface area contributed by atoms with Crippen LogP contribution in [0.25, 0.3) is 0 Å². The van der Waals surface area contributed by atoms with E-state index in [0.29, 0.717) is 0 Å². The quantitative estimate of drug-likeness (QED) is 0.643. The summed E-state index contributed by atoms with van der Waals surface area (Å²) in [6, 6.07) is 0. The van der Waals surface area contributed by atoms with Gasteiger partial charge in [-0.05, 0) is 41.0 Å². The largest absolute Gasteiger partial charge is 0.307 e. The molecule has 0 aromatic carbocycles. The average molecular weight is 185 g/mol. The van der Waals surface area contributed by atoms with Crippen molar-refractivity contribution in [2.45, 2.75) is 78.3 Å². The van der Waals surface area contributed by atoms with Crippen LogP contribution in [0.2, 0.25) is 0 Å². The maximum atomic E-state index is 3.65. The van der Waals surface area contributed by atoms with Gasteiger partial charge in [0, 0.05) is 11.1 Å². The predicted molar refractivity (Wildman–Crippen MR) is 61.1 cm³/mol. The Labute approximate surface area is 84.3 Å². The molecule has 0 fully saturated rings. The normalized spacial score (nSPS) is 13.4. The monoisotopic (exact) mass is 185 g/mol. The summed E-state index contributed by atoms with van der Waals surface area (Å²) in [7, 11) is 0. The zero-order valence-electron chi connectivity index (χ0n) is 10.3. The molecule has 0 bridgehead atoms. The minimum atomic E-state index is 0.232. The molecule has 0 atom stereocenters. The third kappa shape index (κ3) is 8.29. The molecule has 1 nitrogen and oxygen atoms in total. The molecule has 13 heavy (non-hydrogen) atoms. The zero-order valence-corrected chi connectivity index (χ0v) is 10.3. The van der Waals surface area contributed by atoms with Gasteiger partial charge in [0.2, 0.25) is 0 Å². The second-order valence-electron chi connectivity index (χ2n) is 5.72. The molecule has 0 rings (SSSR count). The Kier molecular flexibility index (Phi) is 4.98. The molecule has 0 spiro atoms. The summed E-state index contributed by atoms with van der Waals surface area (Å²) >= 11 is 0. The number of rotatable bonds is 5. The topological polar surface area (TPSA) is 12.0 Å². The Bertz CT molecular complexity index is 131. The lowest BCUT2D eigenvalue weighted by Crippen LogP contribution is -2.50. The van der Waals surface area contributed by atoms with Crippen LogP contribution in [0.3, 0.4) is 0 Å². The zero-order chi connectivity index (χ0) is 10.5. The standard InChI is InChI=1S/C12H27N/c1-7-8-9-10-12(5,6)13-11(2,3)4/h13H,7-10H2,1-6H3. The number of nitrogens with one attached hydrogen (secondary N) is 1. The Morgan fingerprint density at radius 3 is 1.85 bits per heavy atom. The fraction of sp³-hybridized carbons (Fsp3) is 1.00. The lowest BCUT2D eigenvalue weighted by molar-refractivity contribution is 0.261. The Balaban J connectivity index is 3.80. The first kappa shape index (κ1) is 13.0. The van der Waals surface area contributed by atoms with Crippen molar-refractivity contribution in [1.29, 1.82) is 0 Å². The van der Waals surface area contributed by atoms with Crippen molar-refractivity contribution in [2.75, 3.05) is 0 Å². The van der Waals surface area contributed by atoms with Gasteiger partial charge in [-0.2, -0.15) is 0 Å². The van der Waals surface area contributed by atoms with Crippen LogP contribution >= 0.6 is 0 Å². The molecule has 0 aromatic rings. The van der Waals surface area contributed by atoms with Gasteiger partial charge in [0.1, 0.15) is 0 Å². The van der Waals surface area contributed by atoms with Gasteiger partial charge < -0.3 is 5.32 Å². The maximum absolute atomic E-state index is 3.65. The van der Waals surface area contributed by atoms with Gasteiger partial charge in [0.15, 0.2) is 0 Å².